The molecule has 2 rings (SSSR count). The second-order valence-electron chi connectivity index (χ2n) is 4.39. The van der Waals surface area contributed by atoms with Crippen molar-refractivity contribution < 1.29 is 17.9 Å². The molecule has 5 nitrogen and oxygen atoms in total. The van der Waals surface area contributed by atoms with E-state index in [-0.39, 0.29) is 6.61 Å². The Kier molecular flexibility index (Phi) is 3.86. The van der Waals surface area contributed by atoms with Crippen molar-refractivity contribution in [3.8, 4) is 0 Å². The van der Waals surface area contributed by atoms with Crippen LogP contribution >= 0.6 is 0 Å². The summed E-state index contributed by atoms with van der Waals surface area (Å²) in [5.74, 6) is 1.61. The summed E-state index contributed by atoms with van der Waals surface area (Å²) in [6.07, 6.45) is -2.69. The molecule has 0 bridgehead atoms. The largest absolute Gasteiger partial charge is 0.411 e. The van der Waals surface area contributed by atoms with Gasteiger partial charge in [-0.05, 0) is 18.9 Å². The van der Waals surface area contributed by atoms with Crippen LogP contribution in [-0.2, 0) is 24.3 Å². The predicted octanol–water partition coefficient (Wildman–Crippen LogP) is 0.878. The van der Waals surface area contributed by atoms with Gasteiger partial charge in [0.25, 0.3) is 0 Å². The summed E-state index contributed by atoms with van der Waals surface area (Å²) >= 11 is 0. The van der Waals surface area contributed by atoms with Crippen LogP contribution in [0.1, 0.15) is 18.1 Å². The van der Waals surface area contributed by atoms with Crippen molar-refractivity contribution in [2.45, 2.75) is 32.2 Å². The van der Waals surface area contributed by atoms with Crippen LogP contribution in [0.25, 0.3) is 0 Å². The normalized spacial score (nSPS) is 19.9. The second kappa shape index (κ2) is 5.23. The van der Waals surface area contributed by atoms with Crippen LogP contribution in [0, 0.1) is 5.92 Å². The van der Waals surface area contributed by atoms with Crippen LogP contribution < -0.4 is 5.73 Å². The molecular weight excluding hydrogens is 249 g/mol. The quantitative estimate of drug-likeness (QED) is 0.876. The zero-order chi connectivity index (χ0) is 13.2. The number of fused-ring (bicyclic) bond motifs is 1. The molecule has 0 spiro atoms. The van der Waals surface area contributed by atoms with Gasteiger partial charge in [0.1, 0.15) is 19.0 Å². The van der Waals surface area contributed by atoms with Crippen molar-refractivity contribution in [1.29, 1.82) is 0 Å². The highest BCUT2D eigenvalue weighted by Crippen LogP contribution is 2.20. The summed E-state index contributed by atoms with van der Waals surface area (Å²) in [7, 11) is 0. The SMILES string of the molecule is NCC1CCn2c(COCC(F)(F)F)nnc2C1. The van der Waals surface area contributed by atoms with Gasteiger partial charge in [-0.3, -0.25) is 0 Å². The number of ether oxygens (including phenoxy) is 1. The Labute approximate surface area is 102 Å². The Morgan fingerprint density at radius 1 is 1.39 bits per heavy atom. The summed E-state index contributed by atoms with van der Waals surface area (Å²) in [6.45, 7) is -0.151. The van der Waals surface area contributed by atoms with Crippen molar-refractivity contribution in [1.82, 2.24) is 14.8 Å². The number of hydrogen-bond acceptors (Lipinski definition) is 4. The summed E-state index contributed by atoms with van der Waals surface area (Å²) in [4.78, 5) is 0. The van der Waals surface area contributed by atoms with E-state index in [0.717, 1.165) is 18.7 Å². The highest BCUT2D eigenvalue weighted by atomic mass is 19.4. The minimum Gasteiger partial charge on any atom is -0.364 e. The van der Waals surface area contributed by atoms with E-state index in [1.165, 1.54) is 0 Å². The van der Waals surface area contributed by atoms with Crippen LogP contribution in [0.3, 0.4) is 0 Å². The number of rotatable bonds is 4. The maximum absolute atomic E-state index is 11.9. The molecule has 1 aromatic heterocycles. The summed E-state index contributed by atoms with van der Waals surface area (Å²) in [5.41, 5.74) is 5.59. The van der Waals surface area contributed by atoms with Gasteiger partial charge in [-0.25, -0.2) is 0 Å². The monoisotopic (exact) mass is 264 g/mol. The number of nitrogens with zero attached hydrogens (tertiary/aromatic N) is 3. The lowest BCUT2D eigenvalue weighted by atomic mass is 9.98. The average Bonchev–Trinajstić information content (AvgIpc) is 2.70. The van der Waals surface area contributed by atoms with Crippen LogP contribution in [0.2, 0.25) is 0 Å². The summed E-state index contributed by atoms with van der Waals surface area (Å²) in [6, 6.07) is 0. The third-order valence-electron chi connectivity index (χ3n) is 2.97. The molecule has 0 radical (unpaired) electrons. The number of alkyl halides is 3. The second-order valence-corrected chi connectivity index (χ2v) is 4.39. The van der Waals surface area contributed by atoms with Crippen LogP contribution in [0.15, 0.2) is 0 Å². The molecule has 2 heterocycles. The molecule has 18 heavy (non-hydrogen) atoms. The smallest absolute Gasteiger partial charge is 0.364 e. The van der Waals surface area contributed by atoms with Crippen LogP contribution in [-0.4, -0.2) is 34.1 Å². The van der Waals surface area contributed by atoms with Crippen LogP contribution in [0.5, 0.6) is 0 Å². The van der Waals surface area contributed by atoms with Gasteiger partial charge < -0.3 is 15.0 Å². The van der Waals surface area contributed by atoms with Crippen molar-refractivity contribution >= 4 is 0 Å². The van der Waals surface area contributed by atoms with Gasteiger partial charge in [-0.15, -0.1) is 10.2 Å². The first-order valence-corrected chi connectivity index (χ1v) is 5.75. The Morgan fingerprint density at radius 2 is 2.17 bits per heavy atom. The molecule has 0 aliphatic carbocycles. The fourth-order valence-electron chi connectivity index (χ4n) is 2.02. The van der Waals surface area contributed by atoms with E-state index >= 15 is 0 Å². The molecule has 102 valence electrons. The van der Waals surface area contributed by atoms with E-state index in [2.05, 4.69) is 14.9 Å². The Bertz CT molecular complexity index is 404. The first-order valence-electron chi connectivity index (χ1n) is 5.75. The van der Waals surface area contributed by atoms with Crippen molar-refractivity contribution in [2.24, 2.45) is 11.7 Å². The molecule has 0 fully saturated rings. The molecule has 8 heteroatoms. The van der Waals surface area contributed by atoms with E-state index in [9.17, 15) is 13.2 Å². The maximum atomic E-state index is 11.9. The Morgan fingerprint density at radius 3 is 2.83 bits per heavy atom. The number of halogens is 3. The zero-order valence-electron chi connectivity index (χ0n) is 9.78. The molecule has 0 saturated carbocycles. The molecule has 0 amide bonds. The Hall–Kier alpha value is -1.15. The molecule has 1 atom stereocenters. The van der Waals surface area contributed by atoms with Crippen LogP contribution in [0.4, 0.5) is 13.2 Å². The molecule has 0 aromatic carbocycles. The Balaban J connectivity index is 1.94. The number of hydrogen-bond donors (Lipinski definition) is 1. The topological polar surface area (TPSA) is 66.0 Å². The number of aromatic nitrogens is 3. The predicted molar refractivity (Wildman–Crippen MR) is 56.6 cm³/mol. The molecule has 1 aliphatic rings. The molecule has 1 unspecified atom stereocenters. The van der Waals surface area contributed by atoms with Gasteiger partial charge in [0.2, 0.25) is 0 Å². The van der Waals surface area contributed by atoms with E-state index < -0.39 is 12.8 Å². The van der Waals surface area contributed by atoms with E-state index in [4.69, 9.17) is 5.73 Å². The molecule has 0 saturated heterocycles. The maximum Gasteiger partial charge on any atom is 0.411 e. The molecule has 2 N–H and O–H groups in total. The minimum atomic E-state index is -4.31. The van der Waals surface area contributed by atoms with Gasteiger partial charge in [0.15, 0.2) is 5.82 Å². The van der Waals surface area contributed by atoms with Gasteiger partial charge >= 0.3 is 6.18 Å². The standard InChI is InChI=1S/C10H15F3N4O/c11-10(12,13)6-18-5-9-16-15-8-3-7(4-14)1-2-17(8)9/h7H,1-6,14H2. The summed E-state index contributed by atoms with van der Waals surface area (Å²) in [5, 5.41) is 7.83. The third kappa shape index (κ3) is 3.20. The van der Waals surface area contributed by atoms with Gasteiger partial charge in [-0.2, -0.15) is 13.2 Å². The molecule has 1 aromatic rings. The van der Waals surface area contributed by atoms with Gasteiger partial charge in [0, 0.05) is 13.0 Å². The lowest BCUT2D eigenvalue weighted by Gasteiger charge is -2.22. The van der Waals surface area contributed by atoms with E-state index in [1.54, 1.807) is 0 Å². The van der Waals surface area contributed by atoms with Gasteiger partial charge in [0.05, 0.1) is 0 Å². The fraction of sp³-hybridized carbons (Fsp3) is 0.800. The van der Waals surface area contributed by atoms with Gasteiger partial charge in [-0.1, -0.05) is 0 Å². The summed E-state index contributed by atoms with van der Waals surface area (Å²) < 4.78 is 42.2. The lowest BCUT2D eigenvalue weighted by Crippen LogP contribution is -2.26. The van der Waals surface area contributed by atoms with E-state index in [1.807, 2.05) is 4.57 Å². The fourth-order valence-corrected chi connectivity index (χ4v) is 2.02. The molecule has 1 aliphatic heterocycles. The molecular formula is C10H15F3N4O. The average molecular weight is 264 g/mol. The van der Waals surface area contributed by atoms with E-state index in [0.29, 0.717) is 24.8 Å². The van der Waals surface area contributed by atoms with Crippen molar-refractivity contribution in [2.75, 3.05) is 13.2 Å². The number of nitrogens with two attached hydrogens (primary N) is 1. The minimum absolute atomic E-state index is 0.167. The first kappa shape index (κ1) is 13.3. The lowest BCUT2D eigenvalue weighted by molar-refractivity contribution is -0.177. The van der Waals surface area contributed by atoms with Crippen molar-refractivity contribution in [3.63, 3.8) is 0 Å². The van der Waals surface area contributed by atoms with Crippen molar-refractivity contribution in [3.05, 3.63) is 11.6 Å². The highest BCUT2D eigenvalue weighted by molar-refractivity contribution is 4.99. The third-order valence-corrected chi connectivity index (χ3v) is 2.97. The first-order chi connectivity index (χ1) is 8.49. The zero-order valence-corrected chi connectivity index (χ0v) is 9.78. The highest BCUT2D eigenvalue weighted by Gasteiger charge is 2.28.